The van der Waals surface area contributed by atoms with E-state index in [9.17, 15) is 4.79 Å². The molecule has 0 aromatic carbocycles. The van der Waals surface area contributed by atoms with Gasteiger partial charge in [0.25, 0.3) is 0 Å². The Morgan fingerprint density at radius 2 is 2.04 bits per heavy atom. The van der Waals surface area contributed by atoms with E-state index in [1.54, 1.807) is 0 Å². The maximum atomic E-state index is 12.6. The zero-order valence-electron chi connectivity index (χ0n) is 15.7. The minimum absolute atomic E-state index is 0.0912. The first-order chi connectivity index (χ1) is 12.6. The van der Waals surface area contributed by atoms with Crippen molar-refractivity contribution in [2.75, 3.05) is 32.8 Å². The van der Waals surface area contributed by atoms with Crippen LogP contribution in [-0.4, -0.2) is 53.5 Å². The summed E-state index contributed by atoms with van der Waals surface area (Å²) in [4.78, 5) is 21.5. The maximum Gasteiger partial charge on any atom is 0.223 e. The summed E-state index contributed by atoms with van der Waals surface area (Å²) in [6, 6.07) is 2.16. The number of carbonyl (C=O) groups is 1. The predicted octanol–water partition coefficient (Wildman–Crippen LogP) is 2.45. The molecule has 4 heterocycles. The van der Waals surface area contributed by atoms with Crippen LogP contribution < -0.4 is 0 Å². The van der Waals surface area contributed by atoms with E-state index in [2.05, 4.69) is 27.8 Å². The van der Waals surface area contributed by atoms with Crippen LogP contribution in [0.3, 0.4) is 0 Å². The average molecular weight is 355 g/mol. The van der Waals surface area contributed by atoms with Crippen LogP contribution in [0.2, 0.25) is 0 Å². The average Bonchev–Trinajstić information content (AvgIpc) is 3.08. The van der Waals surface area contributed by atoms with Gasteiger partial charge in [0.15, 0.2) is 0 Å². The van der Waals surface area contributed by atoms with Crippen LogP contribution in [0.4, 0.5) is 0 Å². The van der Waals surface area contributed by atoms with Gasteiger partial charge < -0.3 is 9.64 Å². The van der Waals surface area contributed by atoms with Gasteiger partial charge in [-0.3, -0.25) is 14.7 Å². The summed E-state index contributed by atoms with van der Waals surface area (Å²) >= 11 is 0. The van der Waals surface area contributed by atoms with E-state index in [0.29, 0.717) is 17.7 Å². The largest absolute Gasteiger partial charge is 0.380 e. The van der Waals surface area contributed by atoms with Gasteiger partial charge in [-0.15, -0.1) is 0 Å². The van der Waals surface area contributed by atoms with Crippen LogP contribution in [-0.2, 0) is 22.6 Å². The summed E-state index contributed by atoms with van der Waals surface area (Å²) in [5.41, 5.74) is 3.46. The van der Waals surface area contributed by atoms with E-state index in [1.807, 2.05) is 12.4 Å². The summed E-state index contributed by atoms with van der Waals surface area (Å²) in [5, 5.41) is 0. The van der Waals surface area contributed by atoms with Crippen molar-refractivity contribution in [1.82, 2.24) is 14.8 Å². The lowest BCUT2D eigenvalue weighted by atomic mass is 9.83. The van der Waals surface area contributed by atoms with Gasteiger partial charge in [-0.2, -0.15) is 0 Å². The van der Waals surface area contributed by atoms with E-state index in [0.717, 1.165) is 45.3 Å². The SMILES string of the molecule is CC1(CC(=O)N2CCC3(CC2)CC3CN2Cc3ccncc3C2)COC1. The zero-order valence-corrected chi connectivity index (χ0v) is 15.7. The Kier molecular flexibility index (Phi) is 3.87. The number of rotatable bonds is 4. The van der Waals surface area contributed by atoms with E-state index >= 15 is 0 Å². The molecule has 4 aliphatic rings. The van der Waals surface area contributed by atoms with Crippen molar-refractivity contribution >= 4 is 5.91 Å². The molecule has 3 fully saturated rings. The van der Waals surface area contributed by atoms with Gasteiger partial charge >= 0.3 is 0 Å². The van der Waals surface area contributed by atoms with Gasteiger partial charge in [-0.05, 0) is 47.8 Å². The Hall–Kier alpha value is -1.46. The first-order valence-electron chi connectivity index (χ1n) is 10.1. The number of carbonyl (C=O) groups excluding carboxylic acids is 1. The van der Waals surface area contributed by atoms with Gasteiger partial charge in [-0.1, -0.05) is 6.92 Å². The number of hydrogen-bond donors (Lipinski definition) is 0. The highest BCUT2D eigenvalue weighted by molar-refractivity contribution is 5.77. The first-order valence-corrected chi connectivity index (χ1v) is 10.1. The molecule has 26 heavy (non-hydrogen) atoms. The standard InChI is InChI=1S/C21H29N3O2/c1-20(14-26-15-20)9-19(25)24-6-3-21(4-7-24)8-18(21)13-23-11-16-2-5-22-10-17(16)12-23/h2,5,10,18H,3-4,6-9,11-15H2,1H3. The number of pyridine rings is 1. The molecule has 5 nitrogen and oxygen atoms in total. The molecule has 0 bridgehead atoms. The first kappa shape index (κ1) is 16.7. The van der Waals surface area contributed by atoms with Crippen molar-refractivity contribution in [2.45, 2.75) is 45.7 Å². The third-order valence-corrected chi connectivity index (χ3v) is 7.22. The summed E-state index contributed by atoms with van der Waals surface area (Å²) in [6.07, 6.45) is 8.33. The molecule has 0 radical (unpaired) electrons. The molecule has 1 spiro atoms. The lowest BCUT2D eigenvalue weighted by Crippen LogP contribution is -2.47. The number of likely N-dealkylation sites (tertiary alicyclic amines) is 1. The quantitative estimate of drug-likeness (QED) is 0.832. The normalized spacial score (nSPS) is 28.7. The van der Waals surface area contributed by atoms with E-state index < -0.39 is 0 Å². The van der Waals surface area contributed by atoms with Gasteiger partial charge in [0, 0.05) is 57.0 Å². The molecule has 2 saturated heterocycles. The number of fused-ring (bicyclic) bond motifs is 1. The number of piperidine rings is 1. The van der Waals surface area contributed by atoms with Crippen LogP contribution in [0.15, 0.2) is 18.5 Å². The number of nitrogens with zero attached hydrogens (tertiary/aromatic N) is 3. The number of ether oxygens (including phenoxy) is 1. The number of amides is 1. The fourth-order valence-corrected chi connectivity index (χ4v) is 5.26. The molecule has 1 aromatic rings. The fraction of sp³-hybridized carbons (Fsp3) is 0.714. The zero-order chi connectivity index (χ0) is 17.8. The molecule has 0 N–H and O–H groups in total. The van der Waals surface area contributed by atoms with Gasteiger partial charge in [0.1, 0.15) is 0 Å². The van der Waals surface area contributed by atoms with Crippen LogP contribution in [0.1, 0.15) is 43.7 Å². The van der Waals surface area contributed by atoms with Crippen LogP contribution in [0.5, 0.6) is 0 Å². The monoisotopic (exact) mass is 355 g/mol. The van der Waals surface area contributed by atoms with Crippen LogP contribution in [0, 0.1) is 16.7 Å². The highest BCUT2D eigenvalue weighted by Gasteiger charge is 2.55. The molecule has 3 aliphatic heterocycles. The highest BCUT2D eigenvalue weighted by atomic mass is 16.5. The Bertz CT molecular complexity index is 682. The summed E-state index contributed by atoms with van der Waals surface area (Å²) in [5.74, 6) is 1.16. The number of hydrogen-bond acceptors (Lipinski definition) is 4. The lowest BCUT2D eigenvalue weighted by Gasteiger charge is -2.40. The van der Waals surface area contributed by atoms with Crippen LogP contribution in [0.25, 0.3) is 0 Å². The van der Waals surface area contributed by atoms with Crippen molar-refractivity contribution < 1.29 is 9.53 Å². The molecule has 5 heteroatoms. The molecule has 1 aromatic heterocycles. The molecule has 1 amide bonds. The minimum atomic E-state index is 0.0912. The molecule has 1 saturated carbocycles. The topological polar surface area (TPSA) is 45.7 Å². The molecule has 5 rings (SSSR count). The third kappa shape index (κ3) is 2.95. The number of aromatic nitrogens is 1. The summed E-state index contributed by atoms with van der Waals surface area (Å²) in [7, 11) is 0. The molecule has 140 valence electrons. The van der Waals surface area contributed by atoms with Crippen molar-refractivity contribution in [3.63, 3.8) is 0 Å². The summed E-state index contributed by atoms with van der Waals surface area (Å²) < 4.78 is 5.29. The molecular formula is C21H29N3O2. The Morgan fingerprint density at radius 3 is 2.73 bits per heavy atom. The van der Waals surface area contributed by atoms with Gasteiger partial charge in [0.2, 0.25) is 5.91 Å². The van der Waals surface area contributed by atoms with E-state index in [1.165, 1.54) is 36.9 Å². The lowest BCUT2D eigenvalue weighted by molar-refractivity contribution is -0.149. The van der Waals surface area contributed by atoms with Crippen molar-refractivity contribution in [3.05, 3.63) is 29.6 Å². The van der Waals surface area contributed by atoms with E-state index in [-0.39, 0.29) is 5.41 Å². The van der Waals surface area contributed by atoms with E-state index in [4.69, 9.17) is 4.74 Å². The maximum absolute atomic E-state index is 12.6. The second kappa shape index (κ2) is 6.03. The Balaban J connectivity index is 1.11. The summed E-state index contributed by atoms with van der Waals surface area (Å²) in [6.45, 7) is 8.90. The van der Waals surface area contributed by atoms with Crippen LogP contribution >= 0.6 is 0 Å². The Morgan fingerprint density at radius 1 is 1.27 bits per heavy atom. The molecule has 1 unspecified atom stereocenters. The third-order valence-electron chi connectivity index (χ3n) is 7.22. The highest BCUT2D eigenvalue weighted by Crippen LogP contribution is 2.60. The van der Waals surface area contributed by atoms with Crippen molar-refractivity contribution in [2.24, 2.45) is 16.7 Å². The Labute approximate surface area is 155 Å². The van der Waals surface area contributed by atoms with Gasteiger partial charge in [0.05, 0.1) is 13.2 Å². The fourth-order valence-electron chi connectivity index (χ4n) is 5.26. The second-order valence-corrected chi connectivity index (χ2v) is 9.44. The molecule has 1 aliphatic carbocycles. The van der Waals surface area contributed by atoms with Crippen molar-refractivity contribution in [3.8, 4) is 0 Å². The predicted molar refractivity (Wildman–Crippen MR) is 98.2 cm³/mol. The molecule has 1 atom stereocenters. The van der Waals surface area contributed by atoms with Crippen molar-refractivity contribution in [1.29, 1.82) is 0 Å². The second-order valence-electron chi connectivity index (χ2n) is 9.44. The molecular weight excluding hydrogens is 326 g/mol. The smallest absolute Gasteiger partial charge is 0.223 e. The van der Waals surface area contributed by atoms with Gasteiger partial charge in [-0.25, -0.2) is 0 Å². The minimum Gasteiger partial charge on any atom is -0.380 e.